The van der Waals surface area contributed by atoms with E-state index in [2.05, 4.69) is 15.7 Å². The Hall–Kier alpha value is -2.55. The van der Waals surface area contributed by atoms with Gasteiger partial charge in [0.2, 0.25) is 5.91 Å². The second-order valence-corrected chi connectivity index (χ2v) is 9.03. The van der Waals surface area contributed by atoms with E-state index in [0.717, 1.165) is 27.9 Å². The molecule has 0 radical (unpaired) electrons. The summed E-state index contributed by atoms with van der Waals surface area (Å²) in [5.41, 5.74) is 3.55. The van der Waals surface area contributed by atoms with Crippen molar-refractivity contribution >= 4 is 17.4 Å². The first-order valence-corrected chi connectivity index (χ1v) is 11.2. The van der Waals surface area contributed by atoms with Gasteiger partial charge in [-0.25, -0.2) is 4.68 Å². The van der Waals surface area contributed by atoms with Gasteiger partial charge in [-0.1, -0.05) is 19.1 Å². The Morgan fingerprint density at radius 3 is 2.78 bits per heavy atom. The normalized spacial score (nSPS) is 23.6. The first-order chi connectivity index (χ1) is 15.1. The SMILES string of the molecule is CC[C@@H]1C[C@H](C(F)(F)F)n2nc([C@H]3CCN(CC(=O)Nc4cc(C)ccc4C)C3)cc2N1. The van der Waals surface area contributed by atoms with Crippen molar-refractivity contribution in [2.75, 3.05) is 30.3 Å². The zero-order chi connectivity index (χ0) is 23.0. The number of carbonyl (C=O) groups is 1. The maximum absolute atomic E-state index is 13.6. The Morgan fingerprint density at radius 2 is 2.06 bits per heavy atom. The highest BCUT2D eigenvalue weighted by atomic mass is 19.4. The highest BCUT2D eigenvalue weighted by Crippen LogP contribution is 2.41. The number of anilines is 2. The molecular formula is C23H30F3N5O. The number of hydrogen-bond donors (Lipinski definition) is 2. The van der Waals surface area contributed by atoms with Crippen molar-refractivity contribution in [2.45, 2.75) is 64.2 Å². The summed E-state index contributed by atoms with van der Waals surface area (Å²) < 4.78 is 41.9. The van der Waals surface area contributed by atoms with E-state index in [1.807, 2.05) is 43.9 Å². The van der Waals surface area contributed by atoms with Gasteiger partial charge in [0.1, 0.15) is 5.82 Å². The van der Waals surface area contributed by atoms with Crippen molar-refractivity contribution < 1.29 is 18.0 Å². The largest absolute Gasteiger partial charge is 0.410 e. The standard InChI is InChI=1S/C23H30F3N5O/c1-4-17-10-20(23(24,25)26)31-21(27-17)11-19(29-31)16-7-8-30(12-16)13-22(32)28-18-9-14(2)5-6-15(18)3/h5-6,9,11,16-17,20,27H,4,7-8,10,12-13H2,1-3H3,(H,28,32)/t16-,17+,20+/m0/s1. The Labute approximate surface area is 186 Å². The summed E-state index contributed by atoms with van der Waals surface area (Å²) in [7, 11) is 0. The Kier molecular flexibility index (Phi) is 6.20. The van der Waals surface area contributed by atoms with Crippen LogP contribution in [0.5, 0.6) is 0 Å². The van der Waals surface area contributed by atoms with E-state index in [1.54, 1.807) is 6.07 Å². The van der Waals surface area contributed by atoms with Gasteiger partial charge in [0.15, 0.2) is 6.04 Å². The van der Waals surface area contributed by atoms with E-state index in [9.17, 15) is 18.0 Å². The van der Waals surface area contributed by atoms with E-state index >= 15 is 0 Å². The van der Waals surface area contributed by atoms with E-state index in [1.165, 1.54) is 0 Å². The molecule has 2 aromatic rings. The van der Waals surface area contributed by atoms with Crippen molar-refractivity contribution in [3.63, 3.8) is 0 Å². The number of aromatic nitrogens is 2. The number of fused-ring (bicyclic) bond motifs is 1. The molecule has 0 spiro atoms. The van der Waals surface area contributed by atoms with Gasteiger partial charge in [0.25, 0.3) is 0 Å². The highest BCUT2D eigenvalue weighted by molar-refractivity contribution is 5.93. The topological polar surface area (TPSA) is 62.2 Å². The highest BCUT2D eigenvalue weighted by Gasteiger charge is 2.46. The van der Waals surface area contributed by atoms with Crippen LogP contribution >= 0.6 is 0 Å². The average Bonchev–Trinajstić information content (AvgIpc) is 3.35. The van der Waals surface area contributed by atoms with Gasteiger partial charge in [0.05, 0.1) is 12.2 Å². The first kappa shape index (κ1) is 22.6. The summed E-state index contributed by atoms with van der Waals surface area (Å²) in [6.45, 7) is 7.37. The smallest absolute Gasteiger partial charge is 0.367 e. The van der Waals surface area contributed by atoms with Crippen molar-refractivity contribution in [2.24, 2.45) is 0 Å². The number of amides is 1. The Morgan fingerprint density at radius 1 is 1.28 bits per heavy atom. The van der Waals surface area contributed by atoms with Crippen molar-refractivity contribution in [1.29, 1.82) is 0 Å². The lowest BCUT2D eigenvalue weighted by atomic mass is 10.0. The third-order valence-electron chi connectivity index (χ3n) is 6.51. The van der Waals surface area contributed by atoms with Crippen LogP contribution in [-0.2, 0) is 4.79 Å². The van der Waals surface area contributed by atoms with Gasteiger partial charge in [0, 0.05) is 30.3 Å². The maximum atomic E-state index is 13.6. The van der Waals surface area contributed by atoms with E-state index < -0.39 is 12.2 Å². The van der Waals surface area contributed by atoms with Crippen molar-refractivity contribution in [1.82, 2.24) is 14.7 Å². The molecule has 1 saturated heterocycles. The minimum atomic E-state index is -4.33. The molecule has 0 unspecified atom stereocenters. The minimum Gasteiger partial charge on any atom is -0.367 e. The molecule has 3 heterocycles. The number of rotatable bonds is 5. The van der Waals surface area contributed by atoms with Gasteiger partial charge >= 0.3 is 6.18 Å². The zero-order valence-corrected chi connectivity index (χ0v) is 18.7. The monoisotopic (exact) mass is 449 g/mol. The fourth-order valence-electron chi connectivity index (χ4n) is 4.62. The molecule has 1 aromatic heterocycles. The maximum Gasteiger partial charge on any atom is 0.410 e. The van der Waals surface area contributed by atoms with Gasteiger partial charge in [-0.05, 0) is 56.8 Å². The van der Waals surface area contributed by atoms with Crippen LogP contribution in [0.15, 0.2) is 24.3 Å². The van der Waals surface area contributed by atoms with Crippen LogP contribution in [0.3, 0.4) is 0 Å². The molecule has 32 heavy (non-hydrogen) atoms. The summed E-state index contributed by atoms with van der Waals surface area (Å²) >= 11 is 0. The molecule has 2 N–H and O–H groups in total. The van der Waals surface area contributed by atoms with Crippen LogP contribution in [0, 0.1) is 13.8 Å². The number of carbonyl (C=O) groups excluding carboxylic acids is 1. The number of likely N-dealkylation sites (tertiary alicyclic amines) is 1. The number of halogens is 3. The third-order valence-corrected chi connectivity index (χ3v) is 6.51. The van der Waals surface area contributed by atoms with Gasteiger partial charge in [-0.3, -0.25) is 9.69 Å². The van der Waals surface area contributed by atoms with E-state index in [0.29, 0.717) is 31.0 Å². The van der Waals surface area contributed by atoms with E-state index in [4.69, 9.17) is 0 Å². The van der Waals surface area contributed by atoms with Gasteiger partial charge in [-0.2, -0.15) is 18.3 Å². The fourth-order valence-corrected chi connectivity index (χ4v) is 4.62. The molecule has 1 amide bonds. The number of aryl methyl sites for hydroxylation is 2. The van der Waals surface area contributed by atoms with Crippen LogP contribution in [0.25, 0.3) is 0 Å². The molecule has 6 nitrogen and oxygen atoms in total. The molecule has 174 valence electrons. The molecule has 1 fully saturated rings. The van der Waals surface area contributed by atoms with Crippen LogP contribution in [0.4, 0.5) is 24.7 Å². The molecule has 3 atom stereocenters. The quantitative estimate of drug-likeness (QED) is 0.699. The lowest BCUT2D eigenvalue weighted by Gasteiger charge is -2.32. The van der Waals surface area contributed by atoms with Crippen LogP contribution in [0.1, 0.15) is 55.0 Å². The minimum absolute atomic E-state index is 0.0105. The second kappa shape index (κ2) is 8.77. The summed E-state index contributed by atoms with van der Waals surface area (Å²) in [6.07, 6.45) is -2.95. The Balaban J connectivity index is 1.41. The number of nitrogens with zero attached hydrogens (tertiary/aromatic N) is 3. The molecule has 2 aliphatic rings. The summed E-state index contributed by atoms with van der Waals surface area (Å²) in [5, 5.41) is 10.5. The van der Waals surface area contributed by atoms with Gasteiger partial charge < -0.3 is 10.6 Å². The molecule has 0 saturated carbocycles. The zero-order valence-electron chi connectivity index (χ0n) is 18.7. The third kappa shape index (κ3) is 4.77. The number of benzene rings is 1. The summed E-state index contributed by atoms with van der Waals surface area (Å²) in [5.74, 6) is 0.358. The summed E-state index contributed by atoms with van der Waals surface area (Å²) in [4.78, 5) is 14.6. The van der Waals surface area contributed by atoms with E-state index in [-0.39, 0.29) is 30.8 Å². The van der Waals surface area contributed by atoms with Crippen LogP contribution < -0.4 is 10.6 Å². The Bertz CT molecular complexity index is 986. The van der Waals surface area contributed by atoms with Crippen molar-refractivity contribution in [3.8, 4) is 0 Å². The predicted molar refractivity (Wildman–Crippen MR) is 118 cm³/mol. The molecule has 0 aliphatic carbocycles. The molecule has 4 rings (SSSR count). The second-order valence-electron chi connectivity index (χ2n) is 9.03. The van der Waals surface area contributed by atoms with Crippen LogP contribution in [0.2, 0.25) is 0 Å². The number of alkyl halides is 3. The first-order valence-electron chi connectivity index (χ1n) is 11.2. The lowest BCUT2D eigenvalue weighted by Crippen LogP contribution is -2.38. The molecule has 0 bridgehead atoms. The molecule has 9 heteroatoms. The summed E-state index contributed by atoms with van der Waals surface area (Å²) in [6, 6.07) is 5.86. The number of nitrogens with one attached hydrogen (secondary N) is 2. The molecular weight excluding hydrogens is 419 g/mol. The lowest BCUT2D eigenvalue weighted by molar-refractivity contribution is -0.173. The van der Waals surface area contributed by atoms with Gasteiger partial charge in [-0.15, -0.1) is 0 Å². The molecule has 1 aromatic carbocycles. The number of hydrogen-bond acceptors (Lipinski definition) is 4. The average molecular weight is 450 g/mol. The predicted octanol–water partition coefficient (Wildman–Crippen LogP) is 4.63. The van der Waals surface area contributed by atoms with Crippen LogP contribution in [-0.4, -0.2) is 52.4 Å². The fraction of sp³-hybridized carbons (Fsp3) is 0.565. The van der Waals surface area contributed by atoms with Crippen molar-refractivity contribution in [3.05, 3.63) is 41.1 Å². The molecule has 2 aliphatic heterocycles.